The number of nitrogens with two attached hydrogens (primary N) is 1. The van der Waals surface area contributed by atoms with E-state index in [0.29, 0.717) is 6.61 Å². The topological polar surface area (TPSA) is 47.3 Å². The molecule has 0 bridgehead atoms. The Kier molecular flexibility index (Phi) is 5.39. The number of benzene rings is 2. The highest BCUT2D eigenvalue weighted by Gasteiger charge is 2.16. The molecule has 0 saturated carbocycles. The van der Waals surface area contributed by atoms with Crippen molar-refractivity contribution in [1.82, 2.24) is 5.43 Å². The number of hydrogen-bond donors (Lipinski definition) is 2. The Bertz CT molecular complexity index is 586. The molecule has 0 aromatic heterocycles. The van der Waals surface area contributed by atoms with Crippen LogP contribution in [0.1, 0.15) is 29.7 Å². The summed E-state index contributed by atoms with van der Waals surface area (Å²) in [5.41, 5.74) is 6.45. The zero-order valence-corrected chi connectivity index (χ0v) is 13.8. The predicted molar refractivity (Wildman–Crippen MR) is 90.7 cm³/mol. The van der Waals surface area contributed by atoms with E-state index in [1.807, 2.05) is 25.1 Å². The van der Waals surface area contributed by atoms with Crippen LogP contribution in [0.5, 0.6) is 5.75 Å². The van der Waals surface area contributed by atoms with E-state index in [0.717, 1.165) is 11.3 Å². The molecule has 2 aromatic carbocycles. The molecule has 3 N–H and O–H groups in total. The molecule has 0 radical (unpaired) electrons. The van der Waals surface area contributed by atoms with E-state index in [9.17, 15) is 0 Å². The van der Waals surface area contributed by atoms with Crippen LogP contribution in [-0.4, -0.2) is 6.61 Å². The highest BCUT2D eigenvalue weighted by molar-refractivity contribution is 14.1. The van der Waals surface area contributed by atoms with Crippen molar-refractivity contribution in [2.45, 2.75) is 19.9 Å². The minimum Gasteiger partial charge on any atom is -0.494 e. The first-order valence-electron chi connectivity index (χ1n) is 6.61. The molecule has 3 nitrogen and oxygen atoms in total. The number of aryl methyl sites for hydroxylation is 1. The summed E-state index contributed by atoms with van der Waals surface area (Å²) in [6.07, 6.45) is 0. The predicted octanol–water partition coefficient (Wildman–Crippen LogP) is 3.55. The molecule has 4 heteroatoms. The Morgan fingerprint density at radius 2 is 2.00 bits per heavy atom. The van der Waals surface area contributed by atoms with Crippen LogP contribution >= 0.6 is 22.6 Å². The van der Waals surface area contributed by atoms with Gasteiger partial charge in [0.25, 0.3) is 0 Å². The Labute approximate surface area is 133 Å². The summed E-state index contributed by atoms with van der Waals surface area (Å²) < 4.78 is 6.79. The summed E-state index contributed by atoms with van der Waals surface area (Å²) in [5, 5.41) is 0. The molecule has 0 spiro atoms. The zero-order valence-electron chi connectivity index (χ0n) is 11.7. The first-order chi connectivity index (χ1) is 9.67. The second kappa shape index (κ2) is 7.06. The van der Waals surface area contributed by atoms with Crippen molar-refractivity contribution in [2.75, 3.05) is 6.61 Å². The van der Waals surface area contributed by atoms with Gasteiger partial charge in [-0.05, 0) is 65.3 Å². The molecule has 1 atom stereocenters. The molecule has 0 fully saturated rings. The van der Waals surface area contributed by atoms with Gasteiger partial charge in [0.15, 0.2) is 0 Å². The molecule has 0 aliphatic rings. The van der Waals surface area contributed by atoms with Gasteiger partial charge in [0.1, 0.15) is 5.75 Å². The van der Waals surface area contributed by atoms with Gasteiger partial charge in [-0.2, -0.15) is 0 Å². The average Bonchev–Trinajstić information content (AvgIpc) is 2.45. The second-order valence-corrected chi connectivity index (χ2v) is 5.66. The van der Waals surface area contributed by atoms with Crippen LogP contribution in [0, 0.1) is 10.5 Å². The smallest absolute Gasteiger partial charge is 0.119 e. The fourth-order valence-electron chi connectivity index (χ4n) is 2.21. The summed E-state index contributed by atoms with van der Waals surface area (Å²) in [7, 11) is 0. The molecule has 0 aliphatic heterocycles. The van der Waals surface area contributed by atoms with Crippen molar-refractivity contribution >= 4 is 22.6 Å². The summed E-state index contributed by atoms with van der Waals surface area (Å²) in [6.45, 7) is 4.75. The molecule has 2 aromatic rings. The van der Waals surface area contributed by atoms with Crippen LogP contribution in [-0.2, 0) is 0 Å². The van der Waals surface area contributed by atoms with Crippen molar-refractivity contribution in [3.05, 3.63) is 62.7 Å². The largest absolute Gasteiger partial charge is 0.494 e. The normalized spacial score (nSPS) is 12.2. The molecule has 0 amide bonds. The lowest BCUT2D eigenvalue weighted by Gasteiger charge is -2.20. The number of hydrogen-bond acceptors (Lipinski definition) is 3. The second-order valence-electron chi connectivity index (χ2n) is 4.58. The highest BCUT2D eigenvalue weighted by Crippen LogP contribution is 2.29. The van der Waals surface area contributed by atoms with E-state index < -0.39 is 0 Å². The third-order valence-corrected chi connectivity index (χ3v) is 4.68. The Balaban J connectivity index is 2.41. The maximum atomic E-state index is 5.79. The molecule has 0 heterocycles. The summed E-state index contributed by atoms with van der Waals surface area (Å²) in [6, 6.07) is 14.3. The van der Waals surface area contributed by atoms with Gasteiger partial charge in [-0.1, -0.05) is 30.3 Å². The molecule has 2 rings (SSSR count). The summed E-state index contributed by atoms with van der Waals surface area (Å²) >= 11 is 2.37. The molecule has 0 saturated heterocycles. The van der Waals surface area contributed by atoms with Crippen molar-refractivity contribution in [3.8, 4) is 5.75 Å². The number of ether oxygens (including phenoxy) is 1. The third kappa shape index (κ3) is 3.31. The molecule has 1 unspecified atom stereocenters. The Hall–Kier alpha value is -1.11. The minimum atomic E-state index is -0.0396. The van der Waals surface area contributed by atoms with Gasteiger partial charge in [0.05, 0.1) is 12.6 Å². The number of rotatable bonds is 5. The van der Waals surface area contributed by atoms with Crippen molar-refractivity contribution < 1.29 is 4.74 Å². The van der Waals surface area contributed by atoms with Gasteiger partial charge in [-0.15, -0.1) is 0 Å². The number of halogens is 1. The van der Waals surface area contributed by atoms with Gasteiger partial charge < -0.3 is 4.74 Å². The highest BCUT2D eigenvalue weighted by atomic mass is 127. The fourth-order valence-corrected chi connectivity index (χ4v) is 2.88. The van der Waals surface area contributed by atoms with Crippen molar-refractivity contribution in [3.63, 3.8) is 0 Å². The molecule has 0 aliphatic carbocycles. The van der Waals surface area contributed by atoms with Gasteiger partial charge in [-0.25, -0.2) is 5.43 Å². The molecular formula is C16H19IN2O. The van der Waals surface area contributed by atoms with Crippen LogP contribution in [0.2, 0.25) is 0 Å². The van der Waals surface area contributed by atoms with Crippen LogP contribution < -0.4 is 16.0 Å². The van der Waals surface area contributed by atoms with E-state index in [4.69, 9.17) is 10.6 Å². The molecule has 106 valence electrons. The first kappa shape index (κ1) is 15.3. The molecule has 20 heavy (non-hydrogen) atoms. The van der Waals surface area contributed by atoms with E-state index >= 15 is 0 Å². The van der Waals surface area contributed by atoms with Crippen molar-refractivity contribution in [2.24, 2.45) is 5.84 Å². The van der Waals surface area contributed by atoms with Gasteiger partial charge >= 0.3 is 0 Å². The lowest BCUT2D eigenvalue weighted by Crippen LogP contribution is -2.29. The average molecular weight is 382 g/mol. The lowest BCUT2D eigenvalue weighted by molar-refractivity contribution is 0.339. The summed E-state index contributed by atoms with van der Waals surface area (Å²) in [4.78, 5) is 0. The van der Waals surface area contributed by atoms with Crippen LogP contribution in [0.15, 0.2) is 42.5 Å². The van der Waals surface area contributed by atoms with Gasteiger partial charge in [-0.3, -0.25) is 5.84 Å². The van der Waals surface area contributed by atoms with E-state index in [1.54, 1.807) is 0 Å². The maximum absolute atomic E-state index is 5.79. The fraction of sp³-hybridized carbons (Fsp3) is 0.250. The van der Waals surface area contributed by atoms with Gasteiger partial charge in [0, 0.05) is 3.57 Å². The first-order valence-corrected chi connectivity index (χ1v) is 7.69. The molecular weight excluding hydrogens is 363 g/mol. The van der Waals surface area contributed by atoms with Crippen LogP contribution in [0.4, 0.5) is 0 Å². The van der Waals surface area contributed by atoms with Crippen molar-refractivity contribution in [1.29, 1.82) is 0 Å². The zero-order chi connectivity index (χ0) is 14.5. The minimum absolute atomic E-state index is 0.0396. The van der Waals surface area contributed by atoms with E-state index in [2.05, 4.69) is 59.2 Å². The number of nitrogens with one attached hydrogen (secondary N) is 1. The monoisotopic (exact) mass is 382 g/mol. The van der Waals surface area contributed by atoms with Gasteiger partial charge in [0.2, 0.25) is 0 Å². The quantitative estimate of drug-likeness (QED) is 0.473. The lowest BCUT2D eigenvalue weighted by atomic mass is 9.98. The number of hydrazine groups is 1. The van der Waals surface area contributed by atoms with E-state index in [-0.39, 0.29) is 6.04 Å². The Morgan fingerprint density at radius 3 is 2.70 bits per heavy atom. The van der Waals surface area contributed by atoms with Crippen LogP contribution in [0.25, 0.3) is 0 Å². The maximum Gasteiger partial charge on any atom is 0.119 e. The SMILES string of the molecule is CCOc1cccc(C(NN)c2cccc(C)c2I)c1. The standard InChI is InChI=1S/C16H19IN2O/c1-3-20-13-8-5-7-12(10-13)16(19-18)14-9-4-6-11(2)15(14)17/h4-10,16,19H,3,18H2,1-2H3. The summed E-state index contributed by atoms with van der Waals surface area (Å²) in [5.74, 6) is 6.65. The Morgan fingerprint density at radius 1 is 1.25 bits per heavy atom. The van der Waals surface area contributed by atoms with E-state index in [1.165, 1.54) is 14.7 Å². The van der Waals surface area contributed by atoms with Crippen LogP contribution in [0.3, 0.4) is 0 Å². The third-order valence-electron chi connectivity index (χ3n) is 3.20.